The fourth-order valence-electron chi connectivity index (χ4n) is 3.24. The van der Waals surface area contributed by atoms with Crippen LogP contribution in [0.25, 0.3) is 0 Å². The van der Waals surface area contributed by atoms with Crippen molar-refractivity contribution in [3.05, 3.63) is 58.6 Å². The van der Waals surface area contributed by atoms with Crippen LogP contribution in [-0.2, 0) is 9.53 Å². The highest BCUT2D eigenvalue weighted by Crippen LogP contribution is 2.31. The van der Waals surface area contributed by atoms with Crippen molar-refractivity contribution in [3.8, 4) is 5.75 Å². The maximum Gasteiger partial charge on any atom is 0.410 e. The number of anilines is 1. The third-order valence-corrected chi connectivity index (χ3v) is 5.30. The lowest BCUT2D eigenvalue weighted by Crippen LogP contribution is -2.46. The molecule has 31 heavy (non-hydrogen) atoms. The molecule has 2 amide bonds. The molecule has 3 rings (SSSR count). The molecule has 0 bridgehead atoms. The van der Waals surface area contributed by atoms with E-state index in [1.54, 1.807) is 35.2 Å². The van der Waals surface area contributed by atoms with Crippen molar-refractivity contribution in [1.29, 1.82) is 0 Å². The van der Waals surface area contributed by atoms with Crippen molar-refractivity contribution >= 4 is 40.9 Å². The van der Waals surface area contributed by atoms with Crippen LogP contribution in [0.4, 0.5) is 10.5 Å². The molecular formula is C23H26Cl2N2O4. The Kier molecular flexibility index (Phi) is 7.34. The summed E-state index contributed by atoms with van der Waals surface area (Å²) in [6.45, 7) is 6.37. The molecule has 0 saturated carbocycles. The topological polar surface area (TPSA) is 59.1 Å². The van der Waals surface area contributed by atoms with Gasteiger partial charge in [0.05, 0.1) is 10.7 Å². The standard InChI is InChI=1S/C23H26Cl2N2O4/c1-23(2,3)30-22(29)26-13-11-16(12-14-26)21(28)27(18-7-5-4-6-8-18)31-20-10-9-17(24)15-19(20)25/h4-10,15-16H,11-14H2,1-3H3. The number of amides is 2. The van der Waals surface area contributed by atoms with Crippen molar-refractivity contribution in [2.24, 2.45) is 5.92 Å². The number of hydrogen-bond donors (Lipinski definition) is 0. The Hall–Kier alpha value is -2.44. The van der Waals surface area contributed by atoms with E-state index in [0.29, 0.717) is 47.4 Å². The van der Waals surface area contributed by atoms with Gasteiger partial charge in [-0.3, -0.25) is 4.79 Å². The minimum Gasteiger partial charge on any atom is -0.444 e. The number of rotatable bonds is 4. The minimum atomic E-state index is -0.556. The van der Waals surface area contributed by atoms with Crippen LogP contribution in [0.1, 0.15) is 33.6 Å². The molecule has 0 N–H and O–H groups in total. The summed E-state index contributed by atoms with van der Waals surface area (Å²) < 4.78 is 5.43. The van der Waals surface area contributed by atoms with Gasteiger partial charge in [0.25, 0.3) is 5.91 Å². The van der Waals surface area contributed by atoms with E-state index in [-0.39, 0.29) is 17.9 Å². The number of piperidine rings is 1. The molecule has 6 nitrogen and oxygen atoms in total. The summed E-state index contributed by atoms with van der Waals surface area (Å²) in [5.74, 6) is -0.166. The second kappa shape index (κ2) is 9.79. The molecule has 1 saturated heterocycles. The van der Waals surface area contributed by atoms with Crippen LogP contribution in [0, 0.1) is 5.92 Å². The zero-order valence-electron chi connectivity index (χ0n) is 17.8. The molecule has 0 aliphatic carbocycles. The molecule has 1 fully saturated rings. The molecule has 8 heteroatoms. The lowest BCUT2D eigenvalue weighted by molar-refractivity contribution is -0.128. The van der Waals surface area contributed by atoms with Gasteiger partial charge in [0, 0.05) is 24.0 Å². The van der Waals surface area contributed by atoms with Crippen molar-refractivity contribution < 1.29 is 19.2 Å². The largest absolute Gasteiger partial charge is 0.444 e. The summed E-state index contributed by atoms with van der Waals surface area (Å²) >= 11 is 12.2. The first-order valence-corrected chi connectivity index (χ1v) is 10.9. The second-order valence-corrected chi connectivity index (χ2v) is 9.22. The molecule has 0 radical (unpaired) electrons. The summed E-state index contributed by atoms with van der Waals surface area (Å²) in [4.78, 5) is 33.3. The Bertz CT molecular complexity index is 923. The fourth-order valence-corrected chi connectivity index (χ4v) is 3.68. The Balaban J connectivity index is 1.73. The van der Waals surface area contributed by atoms with E-state index in [4.69, 9.17) is 32.8 Å². The van der Waals surface area contributed by atoms with Crippen LogP contribution in [-0.4, -0.2) is 35.6 Å². The molecule has 2 aromatic rings. The number of nitrogens with zero attached hydrogens (tertiary/aromatic N) is 2. The van der Waals surface area contributed by atoms with E-state index in [0.717, 1.165) is 0 Å². The summed E-state index contributed by atoms with van der Waals surface area (Å²) in [7, 11) is 0. The minimum absolute atomic E-state index is 0.193. The lowest BCUT2D eigenvalue weighted by Gasteiger charge is -2.34. The first kappa shape index (κ1) is 23.2. The maximum atomic E-state index is 13.4. The number of carbonyl (C=O) groups is 2. The van der Waals surface area contributed by atoms with Gasteiger partial charge in [0.1, 0.15) is 5.60 Å². The Morgan fingerprint density at radius 3 is 2.26 bits per heavy atom. The van der Waals surface area contributed by atoms with E-state index in [1.807, 2.05) is 39.0 Å². The lowest BCUT2D eigenvalue weighted by atomic mass is 9.96. The summed E-state index contributed by atoms with van der Waals surface area (Å²) in [5, 5.41) is 2.05. The van der Waals surface area contributed by atoms with E-state index < -0.39 is 5.60 Å². The van der Waals surface area contributed by atoms with Crippen molar-refractivity contribution in [1.82, 2.24) is 4.90 Å². The monoisotopic (exact) mass is 464 g/mol. The quantitative estimate of drug-likeness (QED) is 0.523. The van der Waals surface area contributed by atoms with Crippen molar-refractivity contribution in [3.63, 3.8) is 0 Å². The Morgan fingerprint density at radius 1 is 1.03 bits per heavy atom. The number of para-hydroxylation sites is 1. The highest BCUT2D eigenvalue weighted by Gasteiger charge is 2.33. The fraction of sp³-hybridized carbons (Fsp3) is 0.391. The van der Waals surface area contributed by atoms with Gasteiger partial charge in [-0.05, 0) is 63.9 Å². The highest BCUT2D eigenvalue weighted by molar-refractivity contribution is 6.35. The molecule has 0 spiro atoms. The van der Waals surface area contributed by atoms with Gasteiger partial charge >= 0.3 is 6.09 Å². The predicted octanol–water partition coefficient (Wildman–Crippen LogP) is 5.97. The number of benzene rings is 2. The van der Waals surface area contributed by atoms with Gasteiger partial charge in [-0.15, -0.1) is 5.06 Å². The first-order valence-electron chi connectivity index (χ1n) is 10.1. The first-order chi connectivity index (χ1) is 14.6. The van der Waals surface area contributed by atoms with Crippen LogP contribution >= 0.6 is 23.2 Å². The number of hydroxylamine groups is 1. The Morgan fingerprint density at radius 2 is 1.68 bits per heavy atom. The summed E-state index contributed by atoms with van der Waals surface area (Å²) in [6, 6.07) is 13.9. The number of carbonyl (C=O) groups excluding carboxylic acids is 2. The third-order valence-electron chi connectivity index (χ3n) is 4.77. The van der Waals surface area contributed by atoms with E-state index in [2.05, 4.69) is 0 Å². The van der Waals surface area contributed by atoms with Crippen LogP contribution in [0.5, 0.6) is 5.75 Å². The number of halogens is 2. The molecule has 1 heterocycles. The van der Waals surface area contributed by atoms with E-state index in [1.165, 1.54) is 5.06 Å². The van der Waals surface area contributed by atoms with E-state index >= 15 is 0 Å². The SMILES string of the molecule is CC(C)(C)OC(=O)N1CCC(C(=O)N(Oc2ccc(Cl)cc2Cl)c2ccccc2)CC1. The molecule has 0 atom stereocenters. The van der Waals surface area contributed by atoms with Gasteiger partial charge in [-0.1, -0.05) is 41.4 Å². The summed E-state index contributed by atoms with van der Waals surface area (Å²) in [5.41, 5.74) is 0.0348. The molecule has 1 aliphatic heterocycles. The Labute approximate surface area is 192 Å². The number of ether oxygens (including phenoxy) is 1. The normalized spacial score (nSPS) is 14.8. The average molecular weight is 465 g/mol. The number of hydrogen-bond acceptors (Lipinski definition) is 4. The zero-order valence-corrected chi connectivity index (χ0v) is 19.3. The molecule has 1 aliphatic rings. The highest BCUT2D eigenvalue weighted by atomic mass is 35.5. The van der Waals surface area contributed by atoms with Crippen LogP contribution < -0.4 is 9.90 Å². The molecule has 166 valence electrons. The number of likely N-dealkylation sites (tertiary alicyclic amines) is 1. The van der Waals surface area contributed by atoms with Crippen LogP contribution in [0.15, 0.2) is 48.5 Å². The van der Waals surface area contributed by atoms with Gasteiger partial charge in [0.2, 0.25) is 0 Å². The van der Waals surface area contributed by atoms with Crippen LogP contribution in [0.3, 0.4) is 0 Å². The van der Waals surface area contributed by atoms with Gasteiger partial charge < -0.3 is 14.5 Å². The molecular weight excluding hydrogens is 439 g/mol. The molecule has 0 aromatic heterocycles. The van der Waals surface area contributed by atoms with Gasteiger partial charge in [-0.2, -0.15) is 0 Å². The van der Waals surface area contributed by atoms with Crippen molar-refractivity contribution in [2.75, 3.05) is 18.2 Å². The molecule has 0 unspecified atom stereocenters. The summed E-state index contributed by atoms with van der Waals surface area (Å²) in [6.07, 6.45) is 0.667. The maximum absolute atomic E-state index is 13.4. The van der Waals surface area contributed by atoms with Gasteiger partial charge in [0.15, 0.2) is 5.75 Å². The second-order valence-electron chi connectivity index (χ2n) is 8.38. The van der Waals surface area contributed by atoms with Crippen molar-refractivity contribution in [2.45, 2.75) is 39.2 Å². The van der Waals surface area contributed by atoms with Crippen LogP contribution in [0.2, 0.25) is 10.0 Å². The molecule has 2 aromatic carbocycles. The zero-order chi connectivity index (χ0) is 22.6. The van der Waals surface area contributed by atoms with E-state index in [9.17, 15) is 9.59 Å². The third kappa shape index (κ3) is 6.28. The predicted molar refractivity (Wildman–Crippen MR) is 122 cm³/mol. The smallest absolute Gasteiger partial charge is 0.410 e. The average Bonchev–Trinajstić information content (AvgIpc) is 2.72. The van der Waals surface area contributed by atoms with Gasteiger partial charge in [-0.25, -0.2) is 4.79 Å².